The van der Waals surface area contributed by atoms with Crippen LogP contribution in [0.15, 0.2) is 77.9 Å². The molecule has 0 bridgehead atoms. The molecule has 0 aliphatic heterocycles. The number of carbonyl (C=O) groups excluding carboxylic acids is 2. The molecule has 0 saturated carbocycles. The number of rotatable bonds is 6. The Morgan fingerprint density at radius 2 is 1.77 bits per heavy atom. The van der Waals surface area contributed by atoms with Crippen LogP contribution in [-0.4, -0.2) is 18.0 Å². The number of hydrazone groups is 1. The third kappa shape index (κ3) is 5.93. The Morgan fingerprint density at radius 3 is 2.57 bits per heavy atom. The summed E-state index contributed by atoms with van der Waals surface area (Å²) in [5, 5.41) is 6.85. The van der Waals surface area contributed by atoms with Gasteiger partial charge in [0.15, 0.2) is 0 Å². The third-order valence-corrected chi connectivity index (χ3v) is 4.62. The molecule has 30 heavy (non-hydrogen) atoms. The molecule has 0 aliphatic carbocycles. The van der Waals surface area contributed by atoms with Crippen molar-refractivity contribution in [3.05, 3.63) is 94.5 Å². The minimum atomic E-state index is -0.887. The van der Waals surface area contributed by atoms with Crippen molar-refractivity contribution in [2.24, 2.45) is 5.10 Å². The molecule has 7 heteroatoms. The Balaban J connectivity index is 1.53. The van der Waals surface area contributed by atoms with Crippen molar-refractivity contribution in [1.82, 2.24) is 5.43 Å². The topological polar surface area (TPSA) is 79.8 Å². The number of benzene rings is 3. The van der Waals surface area contributed by atoms with Crippen LogP contribution in [0.4, 0.5) is 5.69 Å². The molecule has 0 atom stereocenters. The minimum absolute atomic E-state index is 0.446. The Bertz CT molecular complexity index is 1070. The van der Waals surface area contributed by atoms with Gasteiger partial charge in [0, 0.05) is 10.7 Å². The van der Waals surface area contributed by atoms with Gasteiger partial charge in [0.05, 0.1) is 6.21 Å². The number of nitrogens with one attached hydrogen (secondary N) is 2. The Labute approximate surface area is 179 Å². The standard InChI is InChI=1S/C23H20ClN3O3/c1-16-20(24)11-6-12-21(16)26-22(28)23(29)27-25-14-18-9-5-10-19(13-18)30-15-17-7-3-2-4-8-17/h2-14H,15H2,1H3,(H,26,28)(H,27,29)/b25-14+. The van der Waals surface area contributed by atoms with Crippen LogP contribution in [-0.2, 0) is 16.2 Å². The second kappa shape index (κ2) is 10.2. The minimum Gasteiger partial charge on any atom is -0.489 e. The number of hydrogen-bond acceptors (Lipinski definition) is 4. The Hall–Kier alpha value is -3.64. The van der Waals surface area contributed by atoms with E-state index in [9.17, 15) is 9.59 Å². The van der Waals surface area contributed by atoms with Gasteiger partial charge in [-0.15, -0.1) is 0 Å². The number of nitrogens with zero attached hydrogens (tertiary/aromatic N) is 1. The molecule has 0 aliphatic rings. The van der Waals surface area contributed by atoms with E-state index in [0.717, 1.165) is 5.56 Å². The monoisotopic (exact) mass is 421 g/mol. The lowest BCUT2D eigenvalue weighted by molar-refractivity contribution is -0.136. The van der Waals surface area contributed by atoms with Crippen molar-refractivity contribution in [2.75, 3.05) is 5.32 Å². The van der Waals surface area contributed by atoms with E-state index in [2.05, 4.69) is 15.8 Å². The number of ether oxygens (including phenoxy) is 1. The van der Waals surface area contributed by atoms with Crippen molar-refractivity contribution in [1.29, 1.82) is 0 Å². The van der Waals surface area contributed by atoms with Crippen LogP contribution in [0, 0.1) is 6.92 Å². The Kier molecular flexibility index (Phi) is 7.19. The fourth-order valence-corrected chi connectivity index (χ4v) is 2.74. The lowest BCUT2D eigenvalue weighted by Gasteiger charge is -2.08. The number of anilines is 1. The van der Waals surface area contributed by atoms with Crippen LogP contribution in [0.5, 0.6) is 5.75 Å². The summed E-state index contributed by atoms with van der Waals surface area (Å²) in [5.74, 6) is -1.05. The summed E-state index contributed by atoms with van der Waals surface area (Å²) in [5.41, 5.74) is 5.13. The number of hydrogen-bond donors (Lipinski definition) is 2. The van der Waals surface area contributed by atoms with Gasteiger partial charge in [-0.1, -0.05) is 60.1 Å². The van der Waals surface area contributed by atoms with Gasteiger partial charge in [0.1, 0.15) is 12.4 Å². The van der Waals surface area contributed by atoms with Crippen LogP contribution in [0.25, 0.3) is 0 Å². The maximum Gasteiger partial charge on any atom is 0.329 e. The highest BCUT2D eigenvalue weighted by Gasteiger charge is 2.14. The molecule has 2 N–H and O–H groups in total. The van der Waals surface area contributed by atoms with Gasteiger partial charge in [0.2, 0.25) is 0 Å². The average molecular weight is 422 g/mol. The fraction of sp³-hybridized carbons (Fsp3) is 0.0870. The van der Waals surface area contributed by atoms with Crippen molar-refractivity contribution < 1.29 is 14.3 Å². The van der Waals surface area contributed by atoms with Crippen molar-refractivity contribution in [3.63, 3.8) is 0 Å². The van der Waals surface area contributed by atoms with Gasteiger partial charge in [-0.05, 0) is 47.9 Å². The molecule has 0 heterocycles. The number of amides is 2. The van der Waals surface area contributed by atoms with E-state index in [-0.39, 0.29) is 0 Å². The summed E-state index contributed by atoms with van der Waals surface area (Å²) < 4.78 is 5.76. The molecule has 3 aromatic carbocycles. The molecule has 3 rings (SSSR count). The van der Waals surface area contributed by atoms with E-state index in [1.165, 1.54) is 6.21 Å². The molecule has 0 radical (unpaired) electrons. The highest BCUT2D eigenvalue weighted by atomic mass is 35.5. The predicted octanol–water partition coefficient (Wildman–Crippen LogP) is 4.32. The molecule has 0 aromatic heterocycles. The molecule has 0 unspecified atom stereocenters. The van der Waals surface area contributed by atoms with E-state index in [1.807, 2.05) is 42.5 Å². The first kappa shape index (κ1) is 21.1. The Morgan fingerprint density at radius 1 is 1.00 bits per heavy atom. The summed E-state index contributed by atoms with van der Waals surface area (Å²) in [6.45, 7) is 2.20. The zero-order valence-corrected chi connectivity index (χ0v) is 17.0. The normalized spacial score (nSPS) is 10.6. The molecule has 3 aromatic rings. The van der Waals surface area contributed by atoms with Gasteiger partial charge in [-0.2, -0.15) is 5.10 Å². The van der Waals surface area contributed by atoms with Crippen molar-refractivity contribution in [2.45, 2.75) is 13.5 Å². The quantitative estimate of drug-likeness (QED) is 0.353. The molecule has 152 valence electrons. The summed E-state index contributed by atoms with van der Waals surface area (Å²) >= 11 is 6.01. The van der Waals surface area contributed by atoms with Crippen LogP contribution < -0.4 is 15.5 Å². The van der Waals surface area contributed by atoms with Crippen LogP contribution in [0.1, 0.15) is 16.7 Å². The molecule has 2 amide bonds. The fourth-order valence-electron chi connectivity index (χ4n) is 2.56. The number of carbonyl (C=O) groups is 2. The van der Waals surface area contributed by atoms with Crippen molar-refractivity contribution >= 4 is 35.3 Å². The van der Waals surface area contributed by atoms with E-state index in [0.29, 0.717) is 34.2 Å². The predicted molar refractivity (Wildman–Crippen MR) is 118 cm³/mol. The molecule has 0 fully saturated rings. The largest absolute Gasteiger partial charge is 0.489 e. The number of halogens is 1. The zero-order chi connectivity index (χ0) is 21.3. The summed E-state index contributed by atoms with van der Waals surface area (Å²) in [6.07, 6.45) is 1.44. The van der Waals surface area contributed by atoms with Gasteiger partial charge in [0.25, 0.3) is 0 Å². The second-order valence-electron chi connectivity index (χ2n) is 6.41. The molecule has 0 spiro atoms. The summed E-state index contributed by atoms with van der Waals surface area (Å²) in [6, 6.07) is 22.1. The van der Waals surface area contributed by atoms with Gasteiger partial charge in [-0.3, -0.25) is 9.59 Å². The smallest absolute Gasteiger partial charge is 0.329 e. The highest BCUT2D eigenvalue weighted by Crippen LogP contribution is 2.22. The van der Waals surface area contributed by atoms with Crippen LogP contribution >= 0.6 is 11.6 Å². The van der Waals surface area contributed by atoms with Gasteiger partial charge < -0.3 is 10.1 Å². The third-order valence-electron chi connectivity index (χ3n) is 4.21. The first-order valence-electron chi connectivity index (χ1n) is 9.19. The van der Waals surface area contributed by atoms with E-state index < -0.39 is 11.8 Å². The maximum absolute atomic E-state index is 12.0. The highest BCUT2D eigenvalue weighted by molar-refractivity contribution is 6.40. The van der Waals surface area contributed by atoms with Gasteiger partial charge in [-0.25, -0.2) is 5.43 Å². The van der Waals surface area contributed by atoms with Crippen LogP contribution in [0.3, 0.4) is 0 Å². The average Bonchev–Trinajstić information content (AvgIpc) is 2.76. The second-order valence-corrected chi connectivity index (χ2v) is 6.82. The van der Waals surface area contributed by atoms with E-state index >= 15 is 0 Å². The lowest BCUT2D eigenvalue weighted by Crippen LogP contribution is -2.32. The van der Waals surface area contributed by atoms with E-state index in [1.54, 1.807) is 37.3 Å². The molecular formula is C23H20ClN3O3. The molecule has 6 nitrogen and oxygen atoms in total. The summed E-state index contributed by atoms with van der Waals surface area (Å²) in [7, 11) is 0. The first-order chi connectivity index (χ1) is 14.5. The van der Waals surface area contributed by atoms with Crippen molar-refractivity contribution in [3.8, 4) is 5.75 Å². The zero-order valence-electron chi connectivity index (χ0n) is 16.3. The van der Waals surface area contributed by atoms with Gasteiger partial charge >= 0.3 is 11.8 Å². The lowest BCUT2D eigenvalue weighted by atomic mass is 10.2. The molecule has 0 saturated heterocycles. The van der Waals surface area contributed by atoms with E-state index in [4.69, 9.17) is 16.3 Å². The molecular weight excluding hydrogens is 402 g/mol. The maximum atomic E-state index is 12.0. The SMILES string of the molecule is Cc1c(Cl)cccc1NC(=O)C(=O)N/N=C/c1cccc(OCc2ccccc2)c1. The summed E-state index contributed by atoms with van der Waals surface area (Å²) in [4.78, 5) is 24.0. The first-order valence-corrected chi connectivity index (χ1v) is 9.57. The van der Waals surface area contributed by atoms with Crippen LogP contribution in [0.2, 0.25) is 5.02 Å².